The number of halogens is 1. The molecule has 21 heavy (non-hydrogen) atoms. The van der Waals surface area contributed by atoms with Gasteiger partial charge in [-0.2, -0.15) is 5.26 Å². The minimum absolute atomic E-state index is 0.0499. The first kappa shape index (κ1) is 15.2. The fourth-order valence-electron chi connectivity index (χ4n) is 1.69. The molecule has 2 aromatic rings. The maximum atomic E-state index is 12.3. The lowest BCUT2D eigenvalue weighted by Crippen LogP contribution is -2.13. The predicted octanol–water partition coefficient (Wildman–Crippen LogP) is 3.03. The van der Waals surface area contributed by atoms with Gasteiger partial charge in [0.15, 0.2) is 0 Å². The Morgan fingerprint density at radius 3 is 2.57 bits per heavy atom. The molecule has 0 radical (unpaired) electrons. The second kappa shape index (κ2) is 5.64. The molecule has 0 unspecified atom stereocenters. The van der Waals surface area contributed by atoms with E-state index < -0.39 is 10.0 Å². The molecule has 0 saturated heterocycles. The van der Waals surface area contributed by atoms with Gasteiger partial charge in [0.2, 0.25) is 0 Å². The summed E-state index contributed by atoms with van der Waals surface area (Å²) in [6.45, 7) is 1.77. The first-order valence-corrected chi connectivity index (χ1v) is 7.71. The van der Waals surface area contributed by atoms with Crippen molar-refractivity contribution < 1.29 is 13.5 Å². The highest BCUT2D eigenvalue weighted by Crippen LogP contribution is 2.28. The Morgan fingerprint density at radius 2 is 1.95 bits per heavy atom. The van der Waals surface area contributed by atoms with Gasteiger partial charge in [-0.1, -0.05) is 17.7 Å². The summed E-state index contributed by atoms with van der Waals surface area (Å²) in [4.78, 5) is -0.0904. The van der Waals surface area contributed by atoms with E-state index in [9.17, 15) is 13.5 Å². The highest BCUT2D eigenvalue weighted by atomic mass is 35.5. The molecule has 0 bridgehead atoms. The Labute approximate surface area is 127 Å². The molecule has 0 fully saturated rings. The monoisotopic (exact) mass is 322 g/mol. The predicted molar refractivity (Wildman–Crippen MR) is 79.8 cm³/mol. The van der Waals surface area contributed by atoms with Gasteiger partial charge >= 0.3 is 0 Å². The van der Waals surface area contributed by atoms with Crippen LogP contribution < -0.4 is 4.72 Å². The fraction of sp³-hybridized carbons (Fsp3) is 0.0714. The molecule has 0 amide bonds. The van der Waals surface area contributed by atoms with Crippen molar-refractivity contribution >= 4 is 27.3 Å². The van der Waals surface area contributed by atoms with Crippen LogP contribution in [0.5, 0.6) is 5.75 Å². The first-order valence-electron chi connectivity index (χ1n) is 5.85. The molecule has 0 aliphatic rings. The number of hydrogen-bond acceptors (Lipinski definition) is 4. The number of phenolic OH excluding ortho intramolecular Hbond substituents is 1. The van der Waals surface area contributed by atoms with Crippen LogP contribution in [0.15, 0.2) is 41.3 Å². The highest BCUT2D eigenvalue weighted by Gasteiger charge is 2.17. The van der Waals surface area contributed by atoms with Crippen LogP contribution in [0.1, 0.15) is 11.1 Å². The Hall–Kier alpha value is -2.23. The summed E-state index contributed by atoms with van der Waals surface area (Å²) in [5, 5.41) is 18.5. The number of nitrogens with zero attached hydrogens (tertiary/aromatic N) is 1. The van der Waals surface area contributed by atoms with Crippen LogP contribution in [0.2, 0.25) is 5.02 Å². The van der Waals surface area contributed by atoms with Crippen molar-refractivity contribution in [2.45, 2.75) is 11.8 Å². The van der Waals surface area contributed by atoms with E-state index in [1.165, 1.54) is 30.3 Å². The zero-order chi connectivity index (χ0) is 15.6. The van der Waals surface area contributed by atoms with Crippen LogP contribution in [-0.2, 0) is 10.0 Å². The van der Waals surface area contributed by atoms with Gasteiger partial charge in [0, 0.05) is 0 Å². The van der Waals surface area contributed by atoms with Gasteiger partial charge in [-0.3, -0.25) is 4.72 Å². The molecule has 5 nitrogen and oxygen atoms in total. The number of phenols is 1. The Bertz CT molecular complexity index is 842. The summed E-state index contributed by atoms with van der Waals surface area (Å²) in [7, 11) is -3.90. The van der Waals surface area contributed by atoms with E-state index in [0.29, 0.717) is 0 Å². The molecule has 2 aromatic carbocycles. The van der Waals surface area contributed by atoms with Gasteiger partial charge in [0.1, 0.15) is 11.8 Å². The van der Waals surface area contributed by atoms with E-state index in [1.54, 1.807) is 13.0 Å². The molecule has 0 atom stereocenters. The minimum Gasteiger partial charge on any atom is -0.506 e. The van der Waals surface area contributed by atoms with Crippen LogP contribution in [0.3, 0.4) is 0 Å². The second-order valence-corrected chi connectivity index (χ2v) is 6.47. The van der Waals surface area contributed by atoms with Crippen LogP contribution in [-0.4, -0.2) is 13.5 Å². The summed E-state index contributed by atoms with van der Waals surface area (Å²) >= 11 is 5.83. The second-order valence-electron chi connectivity index (χ2n) is 4.38. The van der Waals surface area contributed by atoms with E-state index in [-0.39, 0.29) is 26.9 Å². The molecular weight excluding hydrogens is 312 g/mol. The molecule has 0 heterocycles. The molecule has 108 valence electrons. The molecule has 2 rings (SSSR count). The van der Waals surface area contributed by atoms with Crippen LogP contribution in [0.4, 0.5) is 5.69 Å². The van der Waals surface area contributed by atoms with Gasteiger partial charge in [-0.25, -0.2) is 8.42 Å². The standard InChI is InChI=1S/C14H11ClN2O3S/c1-9-2-5-14(18)13(6-9)17-21(19,20)11-4-3-10(8-16)12(15)7-11/h2-7,17-18H,1H3. The molecule has 0 aliphatic heterocycles. The van der Waals surface area contributed by atoms with E-state index in [2.05, 4.69) is 4.72 Å². The van der Waals surface area contributed by atoms with Gasteiger partial charge in [-0.15, -0.1) is 0 Å². The molecule has 0 aromatic heterocycles. The fourth-order valence-corrected chi connectivity index (χ4v) is 3.07. The highest BCUT2D eigenvalue weighted by molar-refractivity contribution is 7.92. The largest absolute Gasteiger partial charge is 0.506 e. The Morgan fingerprint density at radius 1 is 1.24 bits per heavy atom. The van der Waals surface area contributed by atoms with E-state index in [1.807, 2.05) is 6.07 Å². The number of nitrogens with one attached hydrogen (secondary N) is 1. The van der Waals surface area contributed by atoms with Crippen LogP contribution >= 0.6 is 11.6 Å². The van der Waals surface area contributed by atoms with E-state index >= 15 is 0 Å². The molecular formula is C14H11ClN2O3S. The molecule has 0 spiro atoms. The lowest BCUT2D eigenvalue weighted by molar-refractivity contribution is 0.477. The Balaban J connectivity index is 2.41. The van der Waals surface area contributed by atoms with Gasteiger partial charge in [0.25, 0.3) is 10.0 Å². The number of nitriles is 1. The topological polar surface area (TPSA) is 90.2 Å². The average Bonchev–Trinajstić information content (AvgIpc) is 2.42. The average molecular weight is 323 g/mol. The van der Waals surface area contributed by atoms with Crippen molar-refractivity contribution in [2.24, 2.45) is 0 Å². The molecule has 7 heteroatoms. The zero-order valence-electron chi connectivity index (χ0n) is 11.0. The van der Waals surface area contributed by atoms with Crippen molar-refractivity contribution in [1.82, 2.24) is 0 Å². The van der Waals surface area contributed by atoms with Crippen molar-refractivity contribution in [3.63, 3.8) is 0 Å². The van der Waals surface area contributed by atoms with Gasteiger partial charge in [0.05, 0.1) is 21.2 Å². The summed E-state index contributed by atoms with van der Waals surface area (Å²) in [6, 6.07) is 10.2. The number of aromatic hydroxyl groups is 1. The summed E-state index contributed by atoms with van der Waals surface area (Å²) in [5.74, 6) is -0.177. The normalized spacial score (nSPS) is 10.9. The smallest absolute Gasteiger partial charge is 0.262 e. The van der Waals surface area contributed by atoms with E-state index in [0.717, 1.165) is 5.56 Å². The number of rotatable bonds is 3. The summed E-state index contributed by atoms with van der Waals surface area (Å²) in [6.07, 6.45) is 0. The lowest BCUT2D eigenvalue weighted by atomic mass is 10.2. The first-order chi connectivity index (χ1) is 9.83. The number of benzene rings is 2. The van der Waals surface area contributed by atoms with Gasteiger partial charge < -0.3 is 5.11 Å². The summed E-state index contributed by atoms with van der Waals surface area (Å²) < 4.78 is 26.8. The van der Waals surface area contributed by atoms with Crippen molar-refractivity contribution in [3.8, 4) is 11.8 Å². The summed E-state index contributed by atoms with van der Waals surface area (Å²) in [5.41, 5.74) is 1.06. The lowest BCUT2D eigenvalue weighted by Gasteiger charge is -2.10. The Kier molecular flexibility index (Phi) is 4.07. The number of sulfonamides is 1. The van der Waals surface area contributed by atoms with Crippen LogP contribution in [0, 0.1) is 18.3 Å². The van der Waals surface area contributed by atoms with Crippen molar-refractivity contribution in [3.05, 3.63) is 52.5 Å². The molecule has 0 saturated carbocycles. The van der Waals surface area contributed by atoms with Gasteiger partial charge in [-0.05, 0) is 42.8 Å². The van der Waals surface area contributed by atoms with Crippen LogP contribution in [0.25, 0.3) is 0 Å². The van der Waals surface area contributed by atoms with Crippen molar-refractivity contribution in [2.75, 3.05) is 4.72 Å². The number of anilines is 1. The quantitative estimate of drug-likeness (QED) is 0.850. The minimum atomic E-state index is -3.90. The third-order valence-electron chi connectivity index (χ3n) is 2.77. The SMILES string of the molecule is Cc1ccc(O)c(NS(=O)(=O)c2ccc(C#N)c(Cl)c2)c1. The number of hydrogen-bond donors (Lipinski definition) is 2. The van der Waals surface area contributed by atoms with E-state index in [4.69, 9.17) is 16.9 Å². The maximum Gasteiger partial charge on any atom is 0.262 e. The third kappa shape index (κ3) is 3.27. The van der Waals surface area contributed by atoms with Crippen molar-refractivity contribution in [1.29, 1.82) is 5.26 Å². The number of aryl methyl sites for hydroxylation is 1. The zero-order valence-corrected chi connectivity index (χ0v) is 12.5. The third-order valence-corrected chi connectivity index (χ3v) is 4.44. The maximum absolute atomic E-state index is 12.3. The molecule has 2 N–H and O–H groups in total. The molecule has 0 aliphatic carbocycles.